The number of thioether (sulfide) groups is 1. The van der Waals surface area contributed by atoms with Crippen molar-refractivity contribution in [2.24, 2.45) is 0 Å². The van der Waals surface area contributed by atoms with Crippen molar-refractivity contribution in [2.45, 2.75) is 75.2 Å². The topological polar surface area (TPSA) is 52.0 Å². The molecule has 2 heterocycles. The summed E-state index contributed by atoms with van der Waals surface area (Å²) in [5, 5.41) is 1.54. The van der Waals surface area contributed by atoms with E-state index in [1.807, 2.05) is 6.92 Å². The molecule has 0 amide bonds. The van der Waals surface area contributed by atoms with Gasteiger partial charge in [0.1, 0.15) is 10.6 Å². The summed E-state index contributed by atoms with van der Waals surface area (Å²) in [6.45, 7) is 2.59. The van der Waals surface area contributed by atoms with Crippen molar-refractivity contribution in [3.63, 3.8) is 0 Å². The Kier molecular flexibility index (Phi) is 4.52. The fraction of sp³-hybridized carbons (Fsp3) is 0.611. The number of fused-ring (bicyclic) bond motifs is 3. The van der Waals surface area contributed by atoms with Gasteiger partial charge >= 0.3 is 0 Å². The van der Waals surface area contributed by atoms with Crippen LogP contribution in [0.15, 0.2) is 9.95 Å². The van der Waals surface area contributed by atoms with E-state index < -0.39 is 0 Å². The van der Waals surface area contributed by atoms with Crippen LogP contribution < -0.4 is 5.56 Å². The Balaban J connectivity index is 1.80. The summed E-state index contributed by atoms with van der Waals surface area (Å²) in [5.41, 5.74) is 1.33. The lowest BCUT2D eigenvalue weighted by atomic mass is 9.97. The van der Waals surface area contributed by atoms with Crippen LogP contribution in [-0.2, 0) is 24.2 Å². The molecule has 0 spiro atoms. The maximum atomic E-state index is 13.1. The summed E-state index contributed by atoms with van der Waals surface area (Å²) in [7, 11) is 0. The minimum absolute atomic E-state index is 0.0320. The first-order valence-electron chi connectivity index (χ1n) is 8.93. The molecule has 4 nitrogen and oxygen atoms in total. The Hall–Kier alpha value is -1.14. The standard InChI is InChI=1S/C18H22N2O2S2/c1-2-20-17(22)15-11-7-3-5-9-13(11)23-16(15)19-18(20)24-14-10-6-4-8-12(14)21/h14H,2-10H2,1H3/t14-/m0/s1. The van der Waals surface area contributed by atoms with E-state index in [0.717, 1.165) is 53.9 Å². The van der Waals surface area contributed by atoms with Gasteiger partial charge in [-0.15, -0.1) is 11.3 Å². The van der Waals surface area contributed by atoms with Crippen molar-refractivity contribution in [3.8, 4) is 0 Å². The molecule has 6 heteroatoms. The van der Waals surface area contributed by atoms with E-state index in [9.17, 15) is 9.59 Å². The lowest BCUT2D eigenvalue weighted by Crippen LogP contribution is -2.26. The number of rotatable bonds is 3. The van der Waals surface area contributed by atoms with E-state index in [1.165, 1.54) is 28.6 Å². The van der Waals surface area contributed by atoms with Crippen LogP contribution in [-0.4, -0.2) is 20.6 Å². The molecule has 128 valence electrons. The number of hydrogen-bond donors (Lipinski definition) is 0. The van der Waals surface area contributed by atoms with Crippen LogP contribution in [0.2, 0.25) is 0 Å². The number of carbonyl (C=O) groups is 1. The zero-order valence-corrected chi connectivity index (χ0v) is 15.6. The van der Waals surface area contributed by atoms with Gasteiger partial charge in [0.2, 0.25) is 0 Å². The molecule has 0 aromatic carbocycles. The Bertz CT molecular complexity index is 853. The number of aryl methyl sites for hydroxylation is 2. The summed E-state index contributed by atoms with van der Waals surface area (Å²) < 4.78 is 1.77. The third-order valence-corrected chi connectivity index (χ3v) is 7.59. The average molecular weight is 363 g/mol. The number of hydrogen-bond acceptors (Lipinski definition) is 5. The third kappa shape index (κ3) is 2.73. The Labute approximate surface area is 149 Å². The fourth-order valence-corrected chi connectivity index (χ4v) is 6.37. The highest BCUT2D eigenvalue weighted by Crippen LogP contribution is 2.36. The monoisotopic (exact) mass is 362 g/mol. The summed E-state index contributed by atoms with van der Waals surface area (Å²) in [6, 6.07) is 0. The molecule has 0 N–H and O–H groups in total. The summed E-state index contributed by atoms with van der Waals surface area (Å²) in [6.07, 6.45) is 8.12. The lowest BCUT2D eigenvalue weighted by molar-refractivity contribution is -0.119. The minimum Gasteiger partial charge on any atom is -0.298 e. The molecule has 1 saturated carbocycles. The van der Waals surface area contributed by atoms with Gasteiger partial charge in [-0.3, -0.25) is 14.2 Å². The predicted molar refractivity (Wildman–Crippen MR) is 99.3 cm³/mol. The van der Waals surface area contributed by atoms with Crippen molar-refractivity contribution in [1.82, 2.24) is 9.55 Å². The van der Waals surface area contributed by atoms with Gasteiger partial charge in [-0.05, 0) is 51.0 Å². The van der Waals surface area contributed by atoms with Crippen LogP contribution in [0.25, 0.3) is 10.2 Å². The highest BCUT2D eigenvalue weighted by molar-refractivity contribution is 8.00. The van der Waals surface area contributed by atoms with Crippen LogP contribution >= 0.6 is 23.1 Å². The van der Waals surface area contributed by atoms with Crippen LogP contribution in [0.5, 0.6) is 0 Å². The normalized spacial score (nSPS) is 21.2. The smallest absolute Gasteiger partial charge is 0.263 e. The SMILES string of the molecule is CCn1c(S[C@H]2CCCCC2=O)nc2sc3c(c2c1=O)CCCC3. The van der Waals surface area contributed by atoms with Gasteiger partial charge in [0, 0.05) is 17.8 Å². The van der Waals surface area contributed by atoms with Gasteiger partial charge in [-0.25, -0.2) is 4.98 Å². The van der Waals surface area contributed by atoms with Crippen LogP contribution in [0.4, 0.5) is 0 Å². The highest BCUT2D eigenvalue weighted by Gasteiger charge is 2.27. The fourth-order valence-electron chi connectivity index (χ4n) is 3.79. The summed E-state index contributed by atoms with van der Waals surface area (Å²) in [5.74, 6) is 0.314. The molecule has 0 saturated heterocycles. The van der Waals surface area contributed by atoms with Crippen molar-refractivity contribution in [2.75, 3.05) is 0 Å². The number of ketones is 1. The first kappa shape index (κ1) is 16.3. The number of carbonyl (C=O) groups excluding carboxylic acids is 1. The minimum atomic E-state index is -0.0320. The lowest BCUT2D eigenvalue weighted by Gasteiger charge is -2.20. The number of thiophene rings is 1. The van der Waals surface area contributed by atoms with E-state index in [4.69, 9.17) is 4.98 Å². The van der Waals surface area contributed by atoms with E-state index in [2.05, 4.69) is 0 Å². The van der Waals surface area contributed by atoms with Gasteiger partial charge in [0.25, 0.3) is 5.56 Å². The maximum absolute atomic E-state index is 13.1. The van der Waals surface area contributed by atoms with Crippen LogP contribution in [0.1, 0.15) is 55.9 Å². The highest BCUT2D eigenvalue weighted by atomic mass is 32.2. The Morgan fingerprint density at radius 2 is 1.96 bits per heavy atom. The van der Waals surface area contributed by atoms with Crippen molar-refractivity contribution in [1.29, 1.82) is 0 Å². The average Bonchev–Trinajstić information content (AvgIpc) is 2.95. The second kappa shape index (κ2) is 6.64. The predicted octanol–water partition coefficient (Wildman–Crippen LogP) is 3.96. The molecular formula is C18H22N2O2S2. The third-order valence-electron chi connectivity index (χ3n) is 5.10. The van der Waals surface area contributed by atoms with E-state index in [0.29, 0.717) is 18.7 Å². The Morgan fingerprint density at radius 3 is 2.75 bits per heavy atom. The molecule has 2 aliphatic rings. The molecule has 0 radical (unpaired) electrons. The van der Waals surface area contributed by atoms with Crippen LogP contribution in [0, 0.1) is 0 Å². The zero-order chi connectivity index (χ0) is 16.7. The molecule has 2 aromatic heterocycles. The summed E-state index contributed by atoms with van der Waals surface area (Å²) in [4.78, 5) is 32.3. The molecule has 0 aliphatic heterocycles. The molecule has 2 aliphatic carbocycles. The van der Waals surface area contributed by atoms with E-state index in [-0.39, 0.29) is 10.8 Å². The van der Waals surface area contributed by atoms with Gasteiger partial charge in [-0.2, -0.15) is 0 Å². The molecular weight excluding hydrogens is 340 g/mol. The van der Waals surface area contributed by atoms with Gasteiger partial charge in [-0.1, -0.05) is 18.2 Å². The molecule has 0 bridgehead atoms. The molecule has 1 fully saturated rings. The van der Waals surface area contributed by atoms with E-state index >= 15 is 0 Å². The van der Waals surface area contributed by atoms with Gasteiger partial charge in [0.15, 0.2) is 5.16 Å². The number of Topliss-reactive ketones (excluding diaryl/α,β-unsaturated/α-hetero) is 1. The molecule has 4 rings (SSSR count). The van der Waals surface area contributed by atoms with Crippen molar-refractivity contribution in [3.05, 3.63) is 20.8 Å². The van der Waals surface area contributed by atoms with Gasteiger partial charge in [0.05, 0.1) is 10.6 Å². The summed E-state index contributed by atoms with van der Waals surface area (Å²) >= 11 is 3.20. The molecule has 1 atom stereocenters. The maximum Gasteiger partial charge on any atom is 0.263 e. The van der Waals surface area contributed by atoms with Gasteiger partial charge < -0.3 is 0 Å². The second-order valence-corrected chi connectivity index (χ2v) is 8.91. The van der Waals surface area contributed by atoms with Crippen molar-refractivity contribution >= 4 is 39.1 Å². The Morgan fingerprint density at radius 1 is 1.17 bits per heavy atom. The van der Waals surface area contributed by atoms with Crippen molar-refractivity contribution < 1.29 is 4.79 Å². The number of aromatic nitrogens is 2. The van der Waals surface area contributed by atoms with E-state index in [1.54, 1.807) is 15.9 Å². The second-order valence-electron chi connectivity index (χ2n) is 6.65. The first-order chi connectivity index (χ1) is 11.7. The molecule has 0 unspecified atom stereocenters. The quantitative estimate of drug-likeness (QED) is 0.776. The van der Waals surface area contributed by atoms with Crippen LogP contribution in [0.3, 0.4) is 0 Å². The molecule has 2 aromatic rings. The molecule has 24 heavy (non-hydrogen) atoms. The largest absolute Gasteiger partial charge is 0.298 e. The number of nitrogens with zero attached hydrogens (tertiary/aromatic N) is 2. The zero-order valence-electron chi connectivity index (χ0n) is 14.0. The first-order valence-corrected chi connectivity index (χ1v) is 10.6.